The summed E-state index contributed by atoms with van der Waals surface area (Å²) in [5.74, 6) is 0.00937. The number of rotatable bonds is 4. The highest BCUT2D eigenvalue weighted by Gasteiger charge is 2.21. The molecule has 0 unspecified atom stereocenters. The highest BCUT2D eigenvalue weighted by atomic mass is 32.1. The predicted octanol–water partition coefficient (Wildman–Crippen LogP) is 2.77. The number of piperazine rings is 1. The summed E-state index contributed by atoms with van der Waals surface area (Å²) in [6, 6.07) is 10.7. The van der Waals surface area contributed by atoms with Gasteiger partial charge in [-0.25, -0.2) is 4.39 Å². The summed E-state index contributed by atoms with van der Waals surface area (Å²) in [7, 11) is 0. The van der Waals surface area contributed by atoms with Gasteiger partial charge >= 0.3 is 0 Å². The van der Waals surface area contributed by atoms with Crippen LogP contribution in [0.25, 0.3) is 0 Å². The summed E-state index contributed by atoms with van der Waals surface area (Å²) in [5, 5.41) is 2.00. The molecule has 2 heterocycles. The predicted molar refractivity (Wildman–Crippen MR) is 86.3 cm³/mol. The Morgan fingerprint density at radius 3 is 2.64 bits per heavy atom. The van der Waals surface area contributed by atoms with Gasteiger partial charge in [-0.05, 0) is 29.1 Å². The van der Waals surface area contributed by atoms with Crippen molar-refractivity contribution >= 4 is 17.2 Å². The normalized spacial score (nSPS) is 16.0. The highest BCUT2D eigenvalue weighted by Crippen LogP contribution is 2.13. The van der Waals surface area contributed by atoms with E-state index in [0.717, 1.165) is 43.2 Å². The van der Waals surface area contributed by atoms with E-state index < -0.39 is 0 Å². The molecule has 3 rings (SSSR count). The zero-order valence-electron chi connectivity index (χ0n) is 12.4. The Morgan fingerprint density at radius 1 is 1.14 bits per heavy atom. The monoisotopic (exact) mass is 318 g/mol. The molecule has 1 aliphatic rings. The van der Waals surface area contributed by atoms with Gasteiger partial charge in [-0.15, -0.1) is 11.3 Å². The van der Waals surface area contributed by atoms with Crippen LogP contribution in [0.4, 0.5) is 4.39 Å². The standard InChI is InChI=1S/C17H19FN2OS/c18-15-4-1-3-14(11-15)13-19-6-8-20(9-7-19)17(21)12-16-5-2-10-22-16/h1-5,10-11H,6-9,12-13H2. The number of benzene rings is 1. The molecule has 1 aliphatic heterocycles. The van der Waals surface area contributed by atoms with Gasteiger partial charge in [-0.2, -0.15) is 0 Å². The number of hydrogen-bond donors (Lipinski definition) is 0. The molecular formula is C17H19FN2OS. The Balaban J connectivity index is 1.49. The molecule has 3 nitrogen and oxygen atoms in total. The summed E-state index contributed by atoms with van der Waals surface area (Å²) in [4.78, 5) is 17.6. The third-order valence-corrected chi connectivity index (χ3v) is 4.80. The zero-order chi connectivity index (χ0) is 15.4. The number of carbonyl (C=O) groups excluding carboxylic acids is 1. The highest BCUT2D eigenvalue weighted by molar-refractivity contribution is 7.10. The minimum Gasteiger partial charge on any atom is -0.340 e. The van der Waals surface area contributed by atoms with Crippen molar-refractivity contribution in [2.45, 2.75) is 13.0 Å². The molecule has 5 heteroatoms. The molecule has 0 aliphatic carbocycles. The van der Waals surface area contributed by atoms with Crippen molar-refractivity contribution in [3.05, 3.63) is 58.0 Å². The van der Waals surface area contributed by atoms with Gasteiger partial charge in [0.05, 0.1) is 6.42 Å². The van der Waals surface area contributed by atoms with Gasteiger partial charge in [0, 0.05) is 37.6 Å². The van der Waals surface area contributed by atoms with Crippen LogP contribution in [-0.2, 0) is 17.8 Å². The van der Waals surface area contributed by atoms with Crippen LogP contribution >= 0.6 is 11.3 Å². The molecule has 0 bridgehead atoms. The fourth-order valence-corrected chi connectivity index (χ4v) is 3.42. The molecule has 0 atom stereocenters. The molecule has 0 spiro atoms. The third kappa shape index (κ3) is 3.93. The van der Waals surface area contributed by atoms with Crippen LogP contribution in [-0.4, -0.2) is 41.9 Å². The number of thiophene rings is 1. The average Bonchev–Trinajstić information content (AvgIpc) is 3.01. The molecule has 0 saturated carbocycles. The van der Waals surface area contributed by atoms with E-state index in [1.54, 1.807) is 23.5 Å². The fourth-order valence-electron chi connectivity index (χ4n) is 2.72. The largest absolute Gasteiger partial charge is 0.340 e. The molecular weight excluding hydrogens is 299 g/mol. The Kier molecular flexibility index (Phi) is 4.85. The van der Waals surface area contributed by atoms with Gasteiger partial charge < -0.3 is 4.90 Å². The van der Waals surface area contributed by atoms with Crippen LogP contribution in [0.3, 0.4) is 0 Å². The smallest absolute Gasteiger partial charge is 0.227 e. The van der Waals surface area contributed by atoms with E-state index in [1.165, 1.54) is 6.07 Å². The lowest BCUT2D eigenvalue weighted by atomic mass is 10.2. The van der Waals surface area contributed by atoms with Crippen molar-refractivity contribution in [3.8, 4) is 0 Å². The van der Waals surface area contributed by atoms with E-state index in [1.807, 2.05) is 28.5 Å². The van der Waals surface area contributed by atoms with E-state index in [-0.39, 0.29) is 11.7 Å². The first kappa shape index (κ1) is 15.2. The van der Waals surface area contributed by atoms with E-state index in [0.29, 0.717) is 6.42 Å². The number of carbonyl (C=O) groups is 1. The molecule has 116 valence electrons. The van der Waals surface area contributed by atoms with E-state index >= 15 is 0 Å². The molecule has 1 aromatic carbocycles. The van der Waals surface area contributed by atoms with Crippen LogP contribution in [0.2, 0.25) is 0 Å². The maximum atomic E-state index is 13.2. The minimum atomic E-state index is -0.192. The number of nitrogens with zero attached hydrogens (tertiary/aromatic N) is 2. The summed E-state index contributed by atoms with van der Waals surface area (Å²) in [6.07, 6.45) is 0.502. The Labute approximate surface area is 134 Å². The second-order valence-corrected chi connectivity index (χ2v) is 6.58. The molecule has 22 heavy (non-hydrogen) atoms. The first-order chi connectivity index (χ1) is 10.7. The number of halogens is 1. The fraction of sp³-hybridized carbons (Fsp3) is 0.353. The SMILES string of the molecule is O=C(Cc1cccs1)N1CCN(Cc2cccc(F)c2)CC1. The first-order valence-electron chi connectivity index (χ1n) is 7.48. The van der Waals surface area contributed by atoms with Gasteiger partial charge in [0.25, 0.3) is 0 Å². The van der Waals surface area contributed by atoms with Crippen molar-refractivity contribution in [1.29, 1.82) is 0 Å². The molecule has 0 N–H and O–H groups in total. The van der Waals surface area contributed by atoms with Crippen LogP contribution in [0.5, 0.6) is 0 Å². The van der Waals surface area contributed by atoms with Crippen molar-refractivity contribution in [3.63, 3.8) is 0 Å². The van der Waals surface area contributed by atoms with Gasteiger partial charge in [0.15, 0.2) is 0 Å². The molecule has 1 amide bonds. The second kappa shape index (κ2) is 7.03. The lowest BCUT2D eigenvalue weighted by Gasteiger charge is -2.34. The van der Waals surface area contributed by atoms with Gasteiger partial charge in [-0.3, -0.25) is 9.69 Å². The van der Waals surface area contributed by atoms with Gasteiger partial charge in [0.2, 0.25) is 5.91 Å². The Bertz CT molecular complexity index is 621. The summed E-state index contributed by atoms with van der Waals surface area (Å²) in [6.45, 7) is 3.92. The number of hydrogen-bond acceptors (Lipinski definition) is 3. The first-order valence-corrected chi connectivity index (χ1v) is 8.35. The maximum absolute atomic E-state index is 13.2. The van der Waals surface area contributed by atoms with Crippen molar-refractivity contribution in [1.82, 2.24) is 9.80 Å². The molecule has 1 saturated heterocycles. The van der Waals surface area contributed by atoms with Crippen LogP contribution in [0.15, 0.2) is 41.8 Å². The summed E-state index contributed by atoms with van der Waals surface area (Å²) >= 11 is 1.63. The van der Waals surface area contributed by atoms with Crippen LogP contribution in [0, 0.1) is 5.82 Å². The lowest BCUT2D eigenvalue weighted by Crippen LogP contribution is -2.48. The van der Waals surface area contributed by atoms with Crippen molar-refractivity contribution < 1.29 is 9.18 Å². The van der Waals surface area contributed by atoms with Crippen LogP contribution < -0.4 is 0 Å². The molecule has 1 aromatic heterocycles. The quantitative estimate of drug-likeness (QED) is 0.865. The topological polar surface area (TPSA) is 23.6 Å². The molecule has 2 aromatic rings. The van der Waals surface area contributed by atoms with E-state index in [2.05, 4.69) is 4.90 Å². The zero-order valence-corrected chi connectivity index (χ0v) is 13.2. The summed E-state index contributed by atoms with van der Waals surface area (Å²) < 4.78 is 13.2. The van der Waals surface area contributed by atoms with E-state index in [4.69, 9.17) is 0 Å². The molecule has 0 radical (unpaired) electrons. The van der Waals surface area contributed by atoms with Gasteiger partial charge in [-0.1, -0.05) is 18.2 Å². The second-order valence-electron chi connectivity index (χ2n) is 5.54. The van der Waals surface area contributed by atoms with Crippen molar-refractivity contribution in [2.75, 3.05) is 26.2 Å². The minimum absolute atomic E-state index is 0.192. The number of amides is 1. The Hall–Kier alpha value is -1.72. The average molecular weight is 318 g/mol. The van der Waals surface area contributed by atoms with Crippen molar-refractivity contribution in [2.24, 2.45) is 0 Å². The lowest BCUT2D eigenvalue weighted by molar-refractivity contribution is -0.132. The van der Waals surface area contributed by atoms with E-state index in [9.17, 15) is 9.18 Å². The Morgan fingerprint density at radius 2 is 1.95 bits per heavy atom. The summed E-state index contributed by atoms with van der Waals surface area (Å²) in [5.41, 5.74) is 0.985. The van der Waals surface area contributed by atoms with Crippen LogP contribution in [0.1, 0.15) is 10.4 Å². The van der Waals surface area contributed by atoms with Gasteiger partial charge in [0.1, 0.15) is 5.82 Å². The third-order valence-electron chi connectivity index (χ3n) is 3.93. The maximum Gasteiger partial charge on any atom is 0.227 e. The molecule has 1 fully saturated rings.